The lowest BCUT2D eigenvalue weighted by atomic mass is 10.2. The zero-order valence-electron chi connectivity index (χ0n) is 8.66. The molecular weight excluding hydrogens is 224 g/mol. The van der Waals surface area contributed by atoms with Crippen LogP contribution >= 0.6 is 11.8 Å². The Morgan fingerprint density at radius 1 is 1.62 bits per heavy atom. The minimum absolute atomic E-state index is 0.243. The number of hydrogen-bond acceptors (Lipinski definition) is 3. The molecule has 1 rings (SSSR count). The summed E-state index contributed by atoms with van der Waals surface area (Å²) < 4.78 is 0. The first kappa shape index (κ1) is 12.4. The largest absolute Gasteiger partial charge is 0.351 e. The Morgan fingerprint density at radius 2 is 2.44 bits per heavy atom. The van der Waals surface area contributed by atoms with E-state index in [1.54, 1.807) is 17.8 Å². The molecule has 0 unspecified atom stereocenters. The molecule has 0 aromatic carbocycles. The summed E-state index contributed by atoms with van der Waals surface area (Å²) in [6.45, 7) is 0.540. The standard InChI is InChI=1S/C11H12N2O2S/c1-2-6-16-7-5-13-11(15)9-3-4-12-10(14)8-9/h1,3-4,8H,5-7H2,(H,12,14)(H,13,15). The number of rotatable bonds is 5. The Hall–Kier alpha value is -1.67. The number of amides is 1. The number of aromatic amines is 1. The van der Waals surface area contributed by atoms with Crippen molar-refractivity contribution in [2.75, 3.05) is 18.1 Å². The van der Waals surface area contributed by atoms with Crippen molar-refractivity contribution in [3.05, 3.63) is 34.2 Å². The zero-order valence-corrected chi connectivity index (χ0v) is 9.47. The average molecular weight is 236 g/mol. The Labute approximate surface area is 97.8 Å². The van der Waals surface area contributed by atoms with E-state index in [2.05, 4.69) is 16.2 Å². The molecule has 84 valence electrons. The summed E-state index contributed by atoms with van der Waals surface area (Å²) in [7, 11) is 0. The lowest BCUT2D eigenvalue weighted by molar-refractivity contribution is 0.0956. The molecular formula is C11H12N2O2S. The van der Waals surface area contributed by atoms with Gasteiger partial charge in [-0.05, 0) is 6.07 Å². The maximum Gasteiger partial charge on any atom is 0.251 e. The van der Waals surface area contributed by atoms with Crippen LogP contribution < -0.4 is 10.9 Å². The molecule has 0 aliphatic carbocycles. The molecule has 1 heterocycles. The molecule has 0 saturated carbocycles. The predicted octanol–water partition coefficient (Wildman–Crippen LogP) is 0.471. The van der Waals surface area contributed by atoms with E-state index in [1.165, 1.54) is 12.3 Å². The molecule has 0 radical (unpaired) electrons. The smallest absolute Gasteiger partial charge is 0.251 e. The van der Waals surface area contributed by atoms with E-state index in [1.807, 2.05) is 0 Å². The summed E-state index contributed by atoms with van der Waals surface area (Å²) in [6.07, 6.45) is 6.53. The first-order chi connectivity index (χ1) is 7.74. The first-order valence-corrected chi connectivity index (χ1v) is 5.87. The monoisotopic (exact) mass is 236 g/mol. The van der Waals surface area contributed by atoms with Gasteiger partial charge in [-0.3, -0.25) is 9.59 Å². The van der Waals surface area contributed by atoms with Crippen molar-refractivity contribution in [2.24, 2.45) is 0 Å². The van der Waals surface area contributed by atoms with Gasteiger partial charge in [-0.15, -0.1) is 18.2 Å². The van der Waals surface area contributed by atoms with Crippen LogP contribution in [0.3, 0.4) is 0 Å². The van der Waals surface area contributed by atoms with Crippen molar-refractivity contribution in [2.45, 2.75) is 0 Å². The van der Waals surface area contributed by atoms with Crippen molar-refractivity contribution < 1.29 is 4.79 Å². The highest BCUT2D eigenvalue weighted by Gasteiger charge is 2.04. The summed E-state index contributed by atoms with van der Waals surface area (Å²) in [5, 5.41) is 2.70. The van der Waals surface area contributed by atoms with Gasteiger partial charge < -0.3 is 10.3 Å². The summed E-state index contributed by atoms with van der Waals surface area (Å²) in [5.74, 6) is 3.66. The van der Waals surface area contributed by atoms with E-state index in [-0.39, 0.29) is 11.5 Å². The van der Waals surface area contributed by atoms with Gasteiger partial charge in [0.15, 0.2) is 0 Å². The molecule has 0 fully saturated rings. The van der Waals surface area contributed by atoms with Gasteiger partial charge in [0, 0.05) is 30.1 Å². The van der Waals surface area contributed by atoms with Crippen LogP contribution in [0.25, 0.3) is 0 Å². The lowest BCUT2D eigenvalue weighted by Crippen LogP contribution is -2.26. The summed E-state index contributed by atoms with van der Waals surface area (Å²) in [6, 6.07) is 2.83. The quantitative estimate of drug-likeness (QED) is 0.577. The van der Waals surface area contributed by atoms with Gasteiger partial charge in [-0.2, -0.15) is 0 Å². The van der Waals surface area contributed by atoms with Crippen LogP contribution in [0.15, 0.2) is 23.1 Å². The van der Waals surface area contributed by atoms with E-state index in [0.29, 0.717) is 17.9 Å². The van der Waals surface area contributed by atoms with Crippen molar-refractivity contribution >= 4 is 17.7 Å². The molecule has 0 atom stereocenters. The number of carbonyl (C=O) groups is 1. The molecule has 5 heteroatoms. The second-order valence-corrected chi connectivity index (χ2v) is 4.06. The normalized spacial score (nSPS) is 9.44. The first-order valence-electron chi connectivity index (χ1n) is 4.72. The van der Waals surface area contributed by atoms with E-state index >= 15 is 0 Å². The van der Waals surface area contributed by atoms with Crippen LogP contribution in [0, 0.1) is 12.3 Å². The molecule has 1 aromatic heterocycles. The Kier molecular flexibility index (Phi) is 5.23. The van der Waals surface area contributed by atoms with E-state index in [9.17, 15) is 9.59 Å². The van der Waals surface area contributed by atoms with Crippen molar-refractivity contribution in [3.63, 3.8) is 0 Å². The third-order valence-electron chi connectivity index (χ3n) is 1.75. The van der Waals surface area contributed by atoms with Crippen LogP contribution in [-0.4, -0.2) is 28.9 Å². The zero-order chi connectivity index (χ0) is 11.8. The molecule has 0 spiro atoms. The summed E-state index contributed by atoms with van der Waals surface area (Å²) in [4.78, 5) is 24.9. The maximum absolute atomic E-state index is 11.5. The number of hydrogen-bond donors (Lipinski definition) is 2. The predicted molar refractivity (Wildman–Crippen MR) is 65.6 cm³/mol. The maximum atomic E-state index is 11.5. The molecule has 1 aromatic rings. The minimum atomic E-state index is -0.283. The van der Waals surface area contributed by atoms with Gasteiger partial charge in [0.1, 0.15) is 0 Å². The second kappa shape index (κ2) is 6.75. The molecule has 0 aliphatic heterocycles. The number of terminal acetylenes is 1. The van der Waals surface area contributed by atoms with Crippen LogP contribution in [-0.2, 0) is 0 Å². The summed E-state index contributed by atoms with van der Waals surface area (Å²) >= 11 is 1.57. The minimum Gasteiger partial charge on any atom is -0.351 e. The Morgan fingerprint density at radius 3 is 3.12 bits per heavy atom. The number of carbonyl (C=O) groups excluding carboxylic acids is 1. The van der Waals surface area contributed by atoms with Crippen molar-refractivity contribution in [1.82, 2.24) is 10.3 Å². The fourth-order valence-corrected chi connectivity index (χ4v) is 1.56. The van der Waals surface area contributed by atoms with Gasteiger partial charge in [0.05, 0.1) is 5.75 Å². The van der Waals surface area contributed by atoms with Crippen LogP contribution in [0.5, 0.6) is 0 Å². The van der Waals surface area contributed by atoms with Gasteiger partial charge in [-0.25, -0.2) is 0 Å². The molecule has 1 amide bonds. The number of aromatic nitrogens is 1. The van der Waals surface area contributed by atoms with E-state index in [4.69, 9.17) is 6.42 Å². The third kappa shape index (κ3) is 4.24. The van der Waals surface area contributed by atoms with E-state index in [0.717, 1.165) is 5.75 Å². The third-order valence-corrected chi connectivity index (χ3v) is 2.62. The highest BCUT2D eigenvalue weighted by Crippen LogP contribution is 1.97. The SMILES string of the molecule is C#CCSCCNC(=O)c1cc[nH]c(=O)c1. The number of H-pyrrole nitrogens is 1. The number of thioether (sulfide) groups is 1. The second-order valence-electron chi connectivity index (χ2n) is 2.95. The summed E-state index contributed by atoms with van der Waals surface area (Å²) in [5.41, 5.74) is 0.0834. The van der Waals surface area contributed by atoms with Gasteiger partial charge in [-0.1, -0.05) is 5.92 Å². The number of nitrogens with one attached hydrogen (secondary N) is 2. The molecule has 0 bridgehead atoms. The number of pyridine rings is 1. The van der Waals surface area contributed by atoms with Gasteiger partial charge in [0.25, 0.3) is 5.91 Å². The van der Waals surface area contributed by atoms with Crippen LogP contribution in [0.1, 0.15) is 10.4 Å². The molecule has 16 heavy (non-hydrogen) atoms. The van der Waals surface area contributed by atoms with Gasteiger partial charge in [0.2, 0.25) is 5.56 Å². The Bertz CT molecular complexity index is 448. The van der Waals surface area contributed by atoms with Crippen molar-refractivity contribution in [1.29, 1.82) is 0 Å². The molecule has 0 aliphatic rings. The Balaban J connectivity index is 2.36. The molecule has 2 N–H and O–H groups in total. The van der Waals surface area contributed by atoms with Crippen molar-refractivity contribution in [3.8, 4) is 12.3 Å². The molecule has 0 saturated heterocycles. The average Bonchev–Trinajstić information content (AvgIpc) is 2.28. The fraction of sp³-hybridized carbons (Fsp3) is 0.273. The molecule has 4 nitrogen and oxygen atoms in total. The van der Waals surface area contributed by atoms with Crippen LogP contribution in [0.4, 0.5) is 0 Å². The highest BCUT2D eigenvalue weighted by molar-refractivity contribution is 7.99. The fourth-order valence-electron chi connectivity index (χ4n) is 1.06. The van der Waals surface area contributed by atoms with Crippen LogP contribution in [0.2, 0.25) is 0 Å². The highest BCUT2D eigenvalue weighted by atomic mass is 32.2. The lowest BCUT2D eigenvalue weighted by Gasteiger charge is -2.03. The topological polar surface area (TPSA) is 62.0 Å². The van der Waals surface area contributed by atoms with Gasteiger partial charge >= 0.3 is 0 Å². The van der Waals surface area contributed by atoms with E-state index < -0.39 is 0 Å².